The van der Waals surface area contributed by atoms with E-state index in [4.69, 9.17) is 0 Å². The largest absolute Gasteiger partial charge is 0.465 e. The Balaban J connectivity index is 0.00000420. The first-order valence-corrected chi connectivity index (χ1v) is 9.42. The molecule has 2 rings (SSSR count). The normalized spacial score (nSPS) is 11.6. The number of alkyl halides is 3. The highest BCUT2D eigenvalue weighted by Crippen LogP contribution is 2.29. The molecule has 11 heteroatoms. The molecule has 0 spiro atoms. The molecule has 0 amide bonds. The summed E-state index contributed by atoms with van der Waals surface area (Å²) in [7, 11) is 1.32. The van der Waals surface area contributed by atoms with Crippen LogP contribution in [0.3, 0.4) is 0 Å². The van der Waals surface area contributed by atoms with Crippen LogP contribution in [0.25, 0.3) is 0 Å². The van der Waals surface area contributed by atoms with Crippen LogP contribution in [0.5, 0.6) is 0 Å². The number of nitrogens with one attached hydrogen (secondary N) is 2. The minimum atomic E-state index is -4.41. The number of hydrogen-bond acceptors (Lipinski definition) is 5. The van der Waals surface area contributed by atoms with Crippen molar-refractivity contribution in [2.75, 3.05) is 20.2 Å². The lowest BCUT2D eigenvalue weighted by Crippen LogP contribution is -2.38. The van der Waals surface area contributed by atoms with E-state index in [0.717, 1.165) is 22.3 Å². The molecule has 0 fully saturated rings. The number of aromatic nitrogens is 1. The Kier molecular flexibility index (Phi) is 10.4. The molecule has 1 aromatic carbocycles. The Labute approximate surface area is 188 Å². The van der Waals surface area contributed by atoms with Crippen LogP contribution in [0.15, 0.2) is 34.6 Å². The van der Waals surface area contributed by atoms with Crippen molar-refractivity contribution >= 4 is 47.2 Å². The number of methoxy groups -OCH3 is 1. The van der Waals surface area contributed by atoms with Crippen LogP contribution in [0, 0.1) is 0 Å². The van der Waals surface area contributed by atoms with E-state index >= 15 is 0 Å². The van der Waals surface area contributed by atoms with Gasteiger partial charge in [0.2, 0.25) is 0 Å². The molecule has 0 saturated carbocycles. The van der Waals surface area contributed by atoms with Crippen LogP contribution in [0.2, 0.25) is 0 Å². The summed E-state index contributed by atoms with van der Waals surface area (Å²) in [4.78, 5) is 19.5. The molecule has 1 aromatic heterocycles. The van der Waals surface area contributed by atoms with E-state index in [9.17, 15) is 18.0 Å². The highest BCUT2D eigenvalue weighted by atomic mass is 127. The predicted octanol–water partition coefficient (Wildman–Crippen LogP) is 3.86. The molecule has 29 heavy (non-hydrogen) atoms. The fourth-order valence-corrected chi connectivity index (χ4v) is 3.02. The van der Waals surface area contributed by atoms with Gasteiger partial charge in [0.1, 0.15) is 0 Å². The van der Waals surface area contributed by atoms with Crippen LogP contribution < -0.4 is 10.6 Å². The van der Waals surface area contributed by atoms with Crippen molar-refractivity contribution < 1.29 is 22.7 Å². The van der Waals surface area contributed by atoms with Crippen LogP contribution in [-0.2, 0) is 23.9 Å². The lowest BCUT2D eigenvalue weighted by atomic mass is 10.1. The molecule has 6 nitrogen and oxygen atoms in total. The minimum absolute atomic E-state index is 0. The summed E-state index contributed by atoms with van der Waals surface area (Å²) in [6.45, 7) is 3.34. The minimum Gasteiger partial charge on any atom is -0.465 e. The average molecular weight is 542 g/mol. The summed E-state index contributed by atoms with van der Waals surface area (Å²) < 4.78 is 42.4. The van der Waals surface area contributed by atoms with E-state index in [1.54, 1.807) is 24.3 Å². The highest BCUT2D eigenvalue weighted by Gasteiger charge is 2.33. The quantitative estimate of drug-likeness (QED) is 0.241. The number of ether oxygens (including phenoxy) is 1. The number of carbonyl (C=O) groups excluding carboxylic acids is 1. The Hall–Kier alpha value is -1.89. The third-order valence-corrected chi connectivity index (χ3v) is 4.52. The Morgan fingerprint density at radius 3 is 2.48 bits per heavy atom. The van der Waals surface area contributed by atoms with E-state index in [1.165, 1.54) is 7.11 Å². The number of guanidine groups is 1. The molecule has 0 atom stereocenters. The van der Waals surface area contributed by atoms with Gasteiger partial charge in [-0.1, -0.05) is 12.1 Å². The van der Waals surface area contributed by atoms with Crippen molar-refractivity contribution in [3.8, 4) is 0 Å². The van der Waals surface area contributed by atoms with E-state index in [0.29, 0.717) is 42.6 Å². The van der Waals surface area contributed by atoms with Crippen LogP contribution in [0.1, 0.15) is 33.5 Å². The standard InChI is InChI=1S/C18H21F3N4O2S.HI/c1-3-22-17(23-9-8-15-25-14(11-28-15)18(19,20)21)24-10-12-4-6-13(7-5-12)16(26)27-2;/h4-7,11H,3,8-10H2,1-2H3,(H2,22,23,24);1H. The monoisotopic (exact) mass is 542 g/mol. The van der Waals surface area contributed by atoms with Gasteiger partial charge >= 0.3 is 12.1 Å². The highest BCUT2D eigenvalue weighted by molar-refractivity contribution is 14.0. The lowest BCUT2D eigenvalue weighted by molar-refractivity contribution is -0.140. The zero-order valence-electron chi connectivity index (χ0n) is 15.9. The lowest BCUT2D eigenvalue weighted by Gasteiger charge is -2.10. The zero-order chi connectivity index (χ0) is 20.6. The number of carbonyl (C=O) groups is 1. The van der Waals surface area contributed by atoms with Gasteiger partial charge in [-0.15, -0.1) is 35.3 Å². The third-order valence-electron chi connectivity index (χ3n) is 3.61. The molecule has 0 bridgehead atoms. The van der Waals surface area contributed by atoms with Gasteiger partial charge in [-0.05, 0) is 24.6 Å². The topological polar surface area (TPSA) is 75.6 Å². The van der Waals surface area contributed by atoms with Gasteiger partial charge in [-0.2, -0.15) is 13.2 Å². The summed E-state index contributed by atoms with van der Waals surface area (Å²) in [5, 5.41) is 7.58. The first-order valence-electron chi connectivity index (χ1n) is 8.54. The number of halogens is 4. The van der Waals surface area contributed by atoms with Gasteiger partial charge in [0.25, 0.3) is 0 Å². The number of aliphatic imine (C=N–C) groups is 1. The molecular formula is C18H22F3IN4O2S. The molecule has 0 unspecified atom stereocenters. The van der Waals surface area contributed by atoms with Gasteiger partial charge in [0.05, 0.1) is 24.2 Å². The molecule has 2 N–H and O–H groups in total. The van der Waals surface area contributed by atoms with Crippen molar-refractivity contribution in [2.45, 2.75) is 26.1 Å². The smallest absolute Gasteiger partial charge is 0.434 e. The van der Waals surface area contributed by atoms with E-state index < -0.39 is 17.8 Å². The summed E-state index contributed by atoms with van der Waals surface area (Å²) in [5.74, 6) is 0.146. The van der Waals surface area contributed by atoms with Crippen molar-refractivity contribution in [2.24, 2.45) is 4.99 Å². The summed E-state index contributed by atoms with van der Waals surface area (Å²) in [6.07, 6.45) is -4.05. The van der Waals surface area contributed by atoms with E-state index in [1.807, 2.05) is 6.92 Å². The Morgan fingerprint density at radius 2 is 1.93 bits per heavy atom. The maximum Gasteiger partial charge on any atom is 0.434 e. The van der Waals surface area contributed by atoms with Gasteiger partial charge in [0.15, 0.2) is 11.7 Å². The molecule has 0 aliphatic carbocycles. The number of rotatable bonds is 7. The molecular weight excluding hydrogens is 520 g/mol. The zero-order valence-corrected chi connectivity index (χ0v) is 19.0. The van der Waals surface area contributed by atoms with Gasteiger partial charge in [-0.3, -0.25) is 0 Å². The van der Waals surface area contributed by atoms with Crippen molar-refractivity contribution in [1.29, 1.82) is 0 Å². The van der Waals surface area contributed by atoms with Gasteiger partial charge in [0, 0.05) is 24.9 Å². The Bertz CT molecular complexity index is 810. The first kappa shape index (κ1) is 25.1. The molecule has 1 heterocycles. The van der Waals surface area contributed by atoms with Crippen LogP contribution in [0.4, 0.5) is 13.2 Å². The molecule has 0 saturated heterocycles. The maximum atomic E-state index is 12.6. The molecule has 0 radical (unpaired) electrons. The molecule has 2 aromatic rings. The predicted molar refractivity (Wildman–Crippen MR) is 117 cm³/mol. The number of nitrogens with zero attached hydrogens (tertiary/aromatic N) is 2. The van der Waals surface area contributed by atoms with Gasteiger partial charge < -0.3 is 15.4 Å². The summed E-state index contributed by atoms with van der Waals surface area (Å²) in [5.41, 5.74) is 0.505. The van der Waals surface area contributed by atoms with E-state index in [-0.39, 0.29) is 24.0 Å². The molecule has 0 aliphatic rings. The third kappa shape index (κ3) is 8.17. The van der Waals surface area contributed by atoms with Crippen LogP contribution >= 0.6 is 35.3 Å². The molecule has 160 valence electrons. The number of hydrogen-bond donors (Lipinski definition) is 2. The molecule has 0 aliphatic heterocycles. The number of esters is 1. The van der Waals surface area contributed by atoms with E-state index in [2.05, 4.69) is 25.3 Å². The summed E-state index contributed by atoms with van der Waals surface area (Å²) in [6, 6.07) is 6.90. The maximum absolute atomic E-state index is 12.6. The second kappa shape index (κ2) is 12.0. The van der Waals surface area contributed by atoms with Crippen molar-refractivity contribution in [1.82, 2.24) is 15.6 Å². The summed E-state index contributed by atoms with van der Waals surface area (Å²) >= 11 is 0.988. The SMILES string of the molecule is CCNC(=NCc1ccc(C(=O)OC)cc1)NCCc1nc(C(F)(F)F)cs1.I. The Morgan fingerprint density at radius 1 is 1.24 bits per heavy atom. The average Bonchev–Trinajstić information content (AvgIpc) is 3.15. The second-order valence-electron chi connectivity index (χ2n) is 5.68. The number of thiazole rings is 1. The van der Waals surface area contributed by atoms with Gasteiger partial charge in [-0.25, -0.2) is 14.8 Å². The fraction of sp³-hybridized carbons (Fsp3) is 0.389. The van der Waals surface area contributed by atoms with Crippen molar-refractivity contribution in [3.05, 3.63) is 51.5 Å². The first-order chi connectivity index (χ1) is 13.3. The second-order valence-corrected chi connectivity index (χ2v) is 6.63. The van der Waals surface area contributed by atoms with Crippen molar-refractivity contribution in [3.63, 3.8) is 0 Å². The number of benzene rings is 1. The fourth-order valence-electron chi connectivity index (χ4n) is 2.22. The van der Waals surface area contributed by atoms with Crippen LogP contribution in [-0.4, -0.2) is 37.1 Å².